The summed E-state index contributed by atoms with van der Waals surface area (Å²) in [6, 6.07) is 7.06. The largest absolute Gasteiger partial charge is 0.338 e. The van der Waals surface area contributed by atoms with Gasteiger partial charge in [0.05, 0.1) is 5.54 Å². The first-order valence-electron chi connectivity index (χ1n) is 6.78. The normalized spacial score (nSPS) is 13.2. The molecule has 1 aromatic heterocycles. The molecule has 0 saturated heterocycles. The third-order valence-corrected chi connectivity index (χ3v) is 3.53. The maximum Gasteiger partial charge on any atom is 0.244 e. The number of aromatic nitrogens is 4. The van der Waals surface area contributed by atoms with E-state index in [1.165, 1.54) is 4.80 Å². The van der Waals surface area contributed by atoms with Crippen LogP contribution < -0.4 is 5.32 Å². The van der Waals surface area contributed by atoms with E-state index in [9.17, 15) is 4.79 Å². The van der Waals surface area contributed by atoms with E-state index in [4.69, 9.17) is 18.0 Å². The van der Waals surface area contributed by atoms with Crippen LogP contribution in [0.5, 0.6) is 0 Å². The Kier molecular flexibility index (Phi) is 4.78. The van der Waals surface area contributed by atoms with Crippen LogP contribution in [0.15, 0.2) is 24.3 Å². The highest BCUT2D eigenvalue weighted by Gasteiger charge is 2.21. The molecule has 1 heterocycles. The maximum absolute atomic E-state index is 12.0. The molecule has 7 heteroatoms. The number of hydrogen-bond donors (Lipinski definition) is 1. The summed E-state index contributed by atoms with van der Waals surface area (Å²) in [5.41, 5.74) is 0.106. The summed E-state index contributed by atoms with van der Waals surface area (Å²) in [6.07, 6.45) is 6.06. The second-order valence-corrected chi connectivity index (χ2v) is 5.46. The molecule has 1 aromatic carbocycles. The van der Waals surface area contributed by atoms with Crippen LogP contribution in [0.1, 0.15) is 20.3 Å². The molecule has 22 heavy (non-hydrogen) atoms. The SMILES string of the molecule is C#C[C@@](C)(CC)NC(=O)Cn1nnc(-c2ccc(Cl)cc2)n1. The lowest BCUT2D eigenvalue weighted by Gasteiger charge is -2.22. The number of benzene rings is 1. The molecular formula is C15H16ClN5O. The molecule has 0 bridgehead atoms. The van der Waals surface area contributed by atoms with Crippen molar-refractivity contribution in [2.75, 3.05) is 0 Å². The highest BCUT2D eigenvalue weighted by molar-refractivity contribution is 6.30. The second-order valence-electron chi connectivity index (χ2n) is 5.03. The fourth-order valence-corrected chi connectivity index (χ4v) is 1.85. The van der Waals surface area contributed by atoms with Crippen molar-refractivity contribution in [3.05, 3.63) is 29.3 Å². The van der Waals surface area contributed by atoms with Gasteiger partial charge in [0.2, 0.25) is 11.7 Å². The molecule has 1 N–H and O–H groups in total. The maximum atomic E-state index is 12.0. The summed E-state index contributed by atoms with van der Waals surface area (Å²) in [5, 5.41) is 15.4. The molecule has 2 aromatic rings. The van der Waals surface area contributed by atoms with Gasteiger partial charge in [0.15, 0.2) is 0 Å². The number of tetrazole rings is 1. The molecule has 0 aliphatic rings. The molecule has 1 amide bonds. The van der Waals surface area contributed by atoms with Crippen LogP contribution >= 0.6 is 11.6 Å². The van der Waals surface area contributed by atoms with Crippen LogP contribution in [0.3, 0.4) is 0 Å². The third-order valence-electron chi connectivity index (χ3n) is 3.28. The van der Waals surface area contributed by atoms with Crippen molar-refractivity contribution in [2.45, 2.75) is 32.4 Å². The van der Waals surface area contributed by atoms with Crippen molar-refractivity contribution in [1.82, 2.24) is 25.5 Å². The van der Waals surface area contributed by atoms with Crippen LogP contribution in [-0.4, -0.2) is 31.7 Å². The van der Waals surface area contributed by atoms with Crippen molar-refractivity contribution in [2.24, 2.45) is 0 Å². The molecule has 0 spiro atoms. The predicted octanol–water partition coefficient (Wildman–Crippen LogP) is 1.91. The summed E-state index contributed by atoms with van der Waals surface area (Å²) in [6.45, 7) is 3.66. The highest BCUT2D eigenvalue weighted by atomic mass is 35.5. The first-order valence-corrected chi connectivity index (χ1v) is 7.16. The lowest BCUT2D eigenvalue weighted by Crippen LogP contribution is -2.45. The van der Waals surface area contributed by atoms with E-state index in [1.807, 2.05) is 6.92 Å². The van der Waals surface area contributed by atoms with Crippen molar-refractivity contribution in [3.8, 4) is 23.7 Å². The molecule has 0 unspecified atom stereocenters. The van der Waals surface area contributed by atoms with E-state index in [0.717, 1.165) is 5.56 Å². The standard InChI is InChI=1S/C15H16ClN5O/c1-4-15(3,5-2)17-13(22)10-21-19-14(18-20-21)11-6-8-12(16)9-7-11/h1,6-9H,5,10H2,2-3H3,(H,17,22)/t15-/m0/s1. The summed E-state index contributed by atoms with van der Waals surface area (Å²) in [7, 11) is 0. The fraction of sp³-hybridized carbons (Fsp3) is 0.333. The van der Waals surface area contributed by atoms with Gasteiger partial charge >= 0.3 is 0 Å². The summed E-state index contributed by atoms with van der Waals surface area (Å²) >= 11 is 5.83. The van der Waals surface area contributed by atoms with E-state index in [-0.39, 0.29) is 12.5 Å². The first-order chi connectivity index (χ1) is 10.5. The molecule has 0 fully saturated rings. The van der Waals surface area contributed by atoms with E-state index in [1.54, 1.807) is 31.2 Å². The van der Waals surface area contributed by atoms with Gasteiger partial charge in [-0.05, 0) is 42.8 Å². The average Bonchev–Trinajstić information content (AvgIpc) is 2.96. The number of nitrogens with one attached hydrogen (secondary N) is 1. The Morgan fingerprint density at radius 3 is 2.73 bits per heavy atom. The summed E-state index contributed by atoms with van der Waals surface area (Å²) in [5.74, 6) is 2.74. The summed E-state index contributed by atoms with van der Waals surface area (Å²) < 4.78 is 0. The zero-order chi connectivity index (χ0) is 16.2. The molecule has 0 radical (unpaired) electrons. The van der Waals surface area contributed by atoms with Crippen LogP contribution in [0.2, 0.25) is 5.02 Å². The number of terminal acetylenes is 1. The number of hydrogen-bond acceptors (Lipinski definition) is 4. The van der Waals surface area contributed by atoms with Gasteiger partial charge in [-0.1, -0.05) is 24.4 Å². The topological polar surface area (TPSA) is 72.7 Å². The molecule has 0 aliphatic carbocycles. The van der Waals surface area contributed by atoms with E-state index in [2.05, 4.69) is 26.6 Å². The van der Waals surface area contributed by atoms with Crippen LogP contribution in [0.4, 0.5) is 0 Å². The molecule has 0 saturated carbocycles. The van der Waals surface area contributed by atoms with Gasteiger partial charge < -0.3 is 5.32 Å². The van der Waals surface area contributed by atoms with Crippen molar-refractivity contribution < 1.29 is 4.79 Å². The third kappa shape index (κ3) is 3.83. The zero-order valence-electron chi connectivity index (χ0n) is 12.4. The van der Waals surface area contributed by atoms with E-state index < -0.39 is 5.54 Å². The van der Waals surface area contributed by atoms with Crippen molar-refractivity contribution >= 4 is 17.5 Å². The Morgan fingerprint density at radius 2 is 2.14 bits per heavy atom. The lowest BCUT2D eigenvalue weighted by atomic mass is 10.0. The Bertz CT molecular complexity index is 703. The Labute approximate surface area is 133 Å². The van der Waals surface area contributed by atoms with Gasteiger partial charge in [0.1, 0.15) is 6.54 Å². The Hall–Kier alpha value is -2.39. The van der Waals surface area contributed by atoms with Gasteiger partial charge in [-0.3, -0.25) is 4.79 Å². The highest BCUT2D eigenvalue weighted by Crippen LogP contribution is 2.16. The smallest absolute Gasteiger partial charge is 0.244 e. The van der Waals surface area contributed by atoms with Crippen molar-refractivity contribution in [1.29, 1.82) is 0 Å². The van der Waals surface area contributed by atoms with E-state index >= 15 is 0 Å². The van der Waals surface area contributed by atoms with Gasteiger partial charge in [-0.2, -0.15) is 4.80 Å². The average molecular weight is 318 g/mol. The lowest BCUT2D eigenvalue weighted by molar-refractivity contribution is -0.123. The monoisotopic (exact) mass is 317 g/mol. The Balaban J connectivity index is 2.05. The number of carbonyl (C=O) groups is 1. The van der Waals surface area contributed by atoms with Crippen LogP contribution in [0, 0.1) is 12.3 Å². The van der Waals surface area contributed by atoms with Gasteiger partial charge in [-0.25, -0.2) is 0 Å². The van der Waals surface area contributed by atoms with E-state index in [0.29, 0.717) is 17.3 Å². The number of halogens is 1. The van der Waals surface area contributed by atoms with Gasteiger partial charge in [0.25, 0.3) is 0 Å². The van der Waals surface area contributed by atoms with Crippen LogP contribution in [0.25, 0.3) is 11.4 Å². The minimum atomic E-state index is -0.670. The number of carbonyl (C=O) groups excluding carboxylic acids is 1. The zero-order valence-corrected chi connectivity index (χ0v) is 13.1. The number of amides is 1. The minimum Gasteiger partial charge on any atom is -0.338 e. The minimum absolute atomic E-state index is 0.0438. The Morgan fingerprint density at radius 1 is 1.45 bits per heavy atom. The van der Waals surface area contributed by atoms with Crippen molar-refractivity contribution in [3.63, 3.8) is 0 Å². The van der Waals surface area contributed by atoms with Gasteiger partial charge in [-0.15, -0.1) is 16.6 Å². The quantitative estimate of drug-likeness (QED) is 0.855. The molecule has 1 atom stereocenters. The summed E-state index contributed by atoms with van der Waals surface area (Å²) in [4.78, 5) is 13.2. The molecule has 2 rings (SSSR count). The molecular weight excluding hydrogens is 302 g/mol. The molecule has 114 valence electrons. The predicted molar refractivity (Wildman–Crippen MR) is 83.9 cm³/mol. The molecule has 0 aliphatic heterocycles. The number of rotatable bonds is 5. The first kappa shape index (κ1) is 16.0. The fourth-order valence-electron chi connectivity index (χ4n) is 1.73. The second kappa shape index (κ2) is 6.58. The molecule has 6 nitrogen and oxygen atoms in total. The number of nitrogens with zero attached hydrogens (tertiary/aromatic N) is 4. The van der Waals surface area contributed by atoms with Crippen LogP contribution in [-0.2, 0) is 11.3 Å². The van der Waals surface area contributed by atoms with Gasteiger partial charge in [0, 0.05) is 10.6 Å².